The Labute approximate surface area is 67.7 Å². The molecule has 0 aliphatic carbocycles. The highest BCUT2D eigenvalue weighted by Gasteiger charge is 1.85. The molecule has 0 heterocycles. The van der Waals surface area contributed by atoms with Crippen LogP contribution in [-0.2, 0) is 0 Å². The molecule has 0 aliphatic heterocycles. The minimum Gasteiger partial charge on any atom is -0.130 e. The molecule has 1 aromatic rings. The van der Waals surface area contributed by atoms with E-state index in [1.807, 2.05) is 0 Å². The summed E-state index contributed by atoms with van der Waals surface area (Å²) in [5.41, 5.74) is 1.33. The molecule has 1 aromatic carbocycles. The Balaban J connectivity index is 0.000000810. The van der Waals surface area contributed by atoms with Gasteiger partial charge in [0.15, 0.2) is 0 Å². The van der Waals surface area contributed by atoms with Gasteiger partial charge in [-0.1, -0.05) is 25.1 Å². The lowest BCUT2D eigenvalue weighted by Crippen LogP contribution is -1.70. The van der Waals surface area contributed by atoms with E-state index in [2.05, 4.69) is 37.4 Å². The topological polar surface area (TPSA) is 0 Å². The van der Waals surface area contributed by atoms with Gasteiger partial charge in [-0.3, -0.25) is 0 Å². The van der Waals surface area contributed by atoms with E-state index in [0.29, 0.717) is 0 Å². The Bertz CT molecular complexity index is 176. The zero-order valence-corrected chi connectivity index (χ0v) is 6.53. The SMILES string of the molecule is C.CSc1ccc(C)cc1. The molecule has 1 rings (SSSR count). The molecule has 0 unspecified atom stereocenters. The molecule has 0 fully saturated rings. The van der Waals surface area contributed by atoms with Crippen molar-refractivity contribution in [3.63, 3.8) is 0 Å². The average molecular weight is 154 g/mol. The summed E-state index contributed by atoms with van der Waals surface area (Å²) in [4.78, 5) is 1.33. The summed E-state index contributed by atoms with van der Waals surface area (Å²) in [6.07, 6.45) is 2.09. The lowest BCUT2D eigenvalue weighted by molar-refractivity contribution is 1.38. The zero-order chi connectivity index (χ0) is 6.69. The number of thioether (sulfide) groups is 1. The van der Waals surface area contributed by atoms with E-state index in [1.165, 1.54) is 10.5 Å². The molecule has 0 nitrogen and oxygen atoms in total. The molecule has 0 bridgehead atoms. The predicted octanol–water partition coefficient (Wildman–Crippen LogP) is 3.35. The summed E-state index contributed by atoms with van der Waals surface area (Å²) < 4.78 is 0. The van der Waals surface area contributed by atoms with Crippen molar-refractivity contribution in [2.75, 3.05) is 6.26 Å². The lowest BCUT2D eigenvalue weighted by Gasteiger charge is -1.93. The molecule has 0 amide bonds. The number of hydrogen-bond donors (Lipinski definition) is 0. The van der Waals surface area contributed by atoms with Gasteiger partial charge >= 0.3 is 0 Å². The number of hydrogen-bond acceptors (Lipinski definition) is 1. The highest BCUT2D eigenvalue weighted by atomic mass is 32.2. The largest absolute Gasteiger partial charge is 0.130 e. The van der Waals surface area contributed by atoms with Crippen LogP contribution in [0.15, 0.2) is 29.2 Å². The second-order valence-corrected chi connectivity index (χ2v) is 2.90. The first kappa shape index (κ1) is 9.57. The lowest BCUT2D eigenvalue weighted by atomic mass is 10.2. The van der Waals surface area contributed by atoms with Crippen molar-refractivity contribution in [3.05, 3.63) is 29.8 Å². The molecule has 0 N–H and O–H groups in total. The minimum atomic E-state index is 0. The third-order valence-electron chi connectivity index (χ3n) is 1.26. The smallest absolute Gasteiger partial charge is 0.00693 e. The molecule has 10 heavy (non-hydrogen) atoms. The van der Waals surface area contributed by atoms with E-state index in [4.69, 9.17) is 0 Å². The van der Waals surface area contributed by atoms with Crippen LogP contribution in [-0.4, -0.2) is 6.26 Å². The van der Waals surface area contributed by atoms with Gasteiger partial charge in [0.05, 0.1) is 0 Å². The van der Waals surface area contributed by atoms with Crippen LogP contribution in [0.4, 0.5) is 0 Å². The number of rotatable bonds is 1. The maximum Gasteiger partial charge on any atom is 0.00693 e. The molecule has 56 valence electrons. The van der Waals surface area contributed by atoms with Crippen molar-refractivity contribution in [2.24, 2.45) is 0 Å². The summed E-state index contributed by atoms with van der Waals surface area (Å²) in [5, 5.41) is 0. The highest BCUT2D eigenvalue weighted by molar-refractivity contribution is 7.98. The van der Waals surface area contributed by atoms with Crippen LogP contribution in [0.25, 0.3) is 0 Å². The maximum absolute atomic E-state index is 2.14. The summed E-state index contributed by atoms with van der Waals surface area (Å²) in [7, 11) is 0. The van der Waals surface area contributed by atoms with Crippen molar-refractivity contribution in [3.8, 4) is 0 Å². The fraction of sp³-hybridized carbons (Fsp3) is 0.333. The monoisotopic (exact) mass is 154 g/mol. The fourth-order valence-corrected chi connectivity index (χ4v) is 1.08. The van der Waals surface area contributed by atoms with E-state index in [0.717, 1.165) is 0 Å². The average Bonchev–Trinajstić information content (AvgIpc) is 1.90. The fourth-order valence-electron chi connectivity index (χ4n) is 0.674. The van der Waals surface area contributed by atoms with Crippen molar-refractivity contribution in [2.45, 2.75) is 19.2 Å². The van der Waals surface area contributed by atoms with Gasteiger partial charge in [0.2, 0.25) is 0 Å². The number of aryl methyl sites for hydroxylation is 1. The summed E-state index contributed by atoms with van der Waals surface area (Å²) in [6, 6.07) is 8.54. The van der Waals surface area contributed by atoms with Gasteiger partial charge < -0.3 is 0 Å². The van der Waals surface area contributed by atoms with Crippen molar-refractivity contribution in [1.82, 2.24) is 0 Å². The van der Waals surface area contributed by atoms with E-state index in [9.17, 15) is 0 Å². The molecule has 0 radical (unpaired) electrons. The Kier molecular flexibility index (Phi) is 4.21. The van der Waals surface area contributed by atoms with Crippen molar-refractivity contribution in [1.29, 1.82) is 0 Å². The second-order valence-electron chi connectivity index (χ2n) is 2.02. The van der Waals surface area contributed by atoms with Crippen molar-refractivity contribution >= 4 is 11.8 Å². The van der Waals surface area contributed by atoms with Gasteiger partial charge in [-0.25, -0.2) is 0 Å². The molecule has 0 spiro atoms. The van der Waals surface area contributed by atoms with Crippen LogP contribution in [0, 0.1) is 6.92 Å². The summed E-state index contributed by atoms with van der Waals surface area (Å²) in [6.45, 7) is 2.10. The third kappa shape index (κ3) is 2.44. The van der Waals surface area contributed by atoms with Gasteiger partial charge in [-0.05, 0) is 25.3 Å². The zero-order valence-electron chi connectivity index (χ0n) is 5.72. The maximum atomic E-state index is 2.14. The molecule has 0 saturated heterocycles. The predicted molar refractivity (Wildman–Crippen MR) is 49.7 cm³/mol. The number of benzene rings is 1. The summed E-state index contributed by atoms with van der Waals surface area (Å²) >= 11 is 1.78. The van der Waals surface area contributed by atoms with E-state index in [-0.39, 0.29) is 7.43 Å². The summed E-state index contributed by atoms with van der Waals surface area (Å²) in [5.74, 6) is 0. The Morgan fingerprint density at radius 1 is 1.10 bits per heavy atom. The van der Waals surface area contributed by atoms with Gasteiger partial charge in [0.25, 0.3) is 0 Å². The molecule has 0 saturated carbocycles. The molecular formula is C9H14S. The van der Waals surface area contributed by atoms with Gasteiger partial charge in [0.1, 0.15) is 0 Å². The van der Waals surface area contributed by atoms with Crippen LogP contribution in [0.1, 0.15) is 13.0 Å². The van der Waals surface area contributed by atoms with Crippen LogP contribution in [0.2, 0.25) is 0 Å². The quantitative estimate of drug-likeness (QED) is 0.559. The van der Waals surface area contributed by atoms with E-state index in [1.54, 1.807) is 11.8 Å². The van der Waals surface area contributed by atoms with E-state index < -0.39 is 0 Å². The van der Waals surface area contributed by atoms with Crippen molar-refractivity contribution < 1.29 is 0 Å². The molecule has 0 aliphatic rings. The third-order valence-corrected chi connectivity index (χ3v) is 2.00. The van der Waals surface area contributed by atoms with Crippen LogP contribution >= 0.6 is 11.8 Å². The standard InChI is InChI=1S/C8H10S.CH4/c1-7-3-5-8(9-2)6-4-7;/h3-6H,1-2H3;1H4. The van der Waals surface area contributed by atoms with E-state index >= 15 is 0 Å². The van der Waals surface area contributed by atoms with Crippen LogP contribution in [0.5, 0.6) is 0 Å². The Morgan fingerprint density at radius 3 is 2.00 bits per heavy atom. The van der Waals surface area contributed by atoms with Gasteiger partial charge in [0, 0.05) is 4.90 Å². The van der Waals surface area contributed by atoms with Crippen LogP contribution < -0.4 is 0 Å². The minimum absolute atomic E-state index is 0. The Hall–Kier alpha value is -0.430. The molecular weight excluding hydrogens is 140 g/mol. The normalized spacial score (nSPS) is 8.60. The highest BCUT2D eigenvalue weighted by Crippen LogP contribution is 2.13. The first-order valence-corrected chi connectivity index (χ1v) is 4.16. The van der Waals surface area contributed by atoms with Crippen LogP contribution in [0.3, 0.4) is 0 Å². The Morgan fingerprint density at radius 2 is 1.60 bits per heavy atom. The van der Waals surface area contributed by atoms with Gasteiger partial charge in [-0.15, -0.1) is 11.8 Å². The second kappa shape index (κ2) is 4.40. The first-order valence-electron chi connectivity index (χ1n) is 2.93. The molecule has 0 atom stereocenters. The molecule has 0 aromatic heterocycles. The first-order chi connectivity index (χ1) is 4.33. The van der Waals surface area contributed by atoms with Gasteiger partial charge in [-0.2, -0.15) is 0 Å². The molecule has 1 heteroatoms.